The number of aldehydes is 4. The summed E-state index contributed by atoms with van der Waals surface area (Å²) in [6.07, 6.45) is 3.48. The van der Waals surface area contributed by atoms with Crippen LogP contribution in [0.4, 0.5) is 28.4 Å². The molecule has 0 aliphatic heterocycles. The molecule has 0 amide bonds. The van der Waals surface area contributed by atoms with Gasteiger partial charge in [0.05, 0.1) is 16.5 Å². The van der Waals surface area contributed by atoms with Gasteiger partial charge in [0, 0.05) is 60.6 Å². The summed E-state index contributed by atoms with van der Waals surface area (Å²) in [6.45, 7) is 0. The van der Waals surface area contributed by atoms with Crippen LogP contribution in [0, 0.1) is 0 Å². The Morgan fingerprint density at radius 3 is 0.976 bits per heavy atom. The Balaban J connectivity index is 0.000000142. The van der Waals surface area contributed by atoms with Crippen molar-refractivity contribution in [1.82, 2.24) is 0 Å². The minimum atomic E-state index is -0.663. The Morgan fingerprint density at radius 2 is 0.600 bits per heavy atom. The van der Waals surface area contributed by atoms with Gasteiger partial charge in [-0.25, -0.2) is 0 Å². The van der Waals surface area contributed by atoms with Crippen molar-refractivity contribution in [3.63, 3.8) is 0 Å². The lowest BCUT2D eigenvalue weighted by molar-refractivity contribution is 0.111. The number of fused-ring (bicyclic) bond motifs is 6. The van der Waals surface area contributed by atoms with E-state index in [1.807, 2.05) is 146 Å². The molecule has 1 N–H and O–H groups in total. The van der Waals surface area contributed by atoms with E-state index in [1.54, 1.807) is 0 Å². The molecule has 2 aliphatic rings. The molecule has 12 aromatic rings. The van der Waals surface area contributed by atoms with E-state index in [2.05, 4.69) is 184 Å². The molecule has 0 aromatic heterocycles. The summed E-state index contributed by atoms with van der Waals surface area (Å²) in [5.41, 5.74) is 20.4. The van der Waals surface area contributed by atoms with Crippen LogP contribution in [0.15, 0.2) is 308 Å². The van der Waals surface area contributed by atoms with Crippen LogP contribution in [0.5, 0.6) is 0 Å². The molecule has 14 rings (SSSR count). The van der Waals surface area contributed by atoms with E-state index in [0.717, 1.165) is 103 Å². The SMILES string of the molecule is O=Cc1ccc(C2(c3ccc(C=O)cc3)c3ccccc3-c3c(Br)cccc32)cc1.O=Cc1ccc(C2(c3ccc(C=O)cc3)c3ccccc3-c3c(N(c4ccccc4)c4ccccc4)cccc32)cc1.c1ccc(Nc2ccccc2)cc1. The van der Waals surface area contributed by atoms with Gasteiger partial charge in [-0.1, -0.05) is 259 Å². The van der Waals surface area contributed by atoms with Crippen molar-refractivity contribution < 1.29 is 19.2 Å². The zero-order chi connectivity index (χ0) is 58.2. The van der Waals surface area contributed by atoms with Gasteiger partial charge in [-0.2, -0.15) is 0 Å². The van der Waals surface area contributed by atoms with Crippen LogP contribution in [0.3, 0.4) is 0 Å². The standard InChI is InChI=1S/C39H27NO2.C27H17BrO2.C12H11N/c41-26-28-18-22-30(23-19-28)39(31-24-20-29(27-42)21-25-31)35-15-8-7-14-34(35)38-36(39)16-9-17-37(38)40(32-10-3-1-4-11-32)33-12-5-2-6-13-33;28-25-7-3-6-24-26(25)22-4-1-2-5-23(22)27(24,20-12-8-18(16-29)9-13-20)21-14-10-19(17-30)11-15-21;1-3-7-11(8-4-1)13-12-9-5-2-6-10-12/h1-27H;1-17H;1-10,13H. The van der Waals surface area contributed by atoms with E-state index >= 15 is 0 Å². The van der Waals surface area contributed by atoms with Gasteiger partial charge >= 0.3 is 0 Å². The molecule has 0 bridgehead atoms. The van der Waals surface area contributed by atoms with Crippen LogP contribution in [0.2, 0.25) is 0 Å². The monoisotopic (exact) mass is 1160 g/mol. The number of carbonyl (C=O) groups excluding carboxylic acids is 4. The van der Waals surface area contributed by atoms with Gasteiger partial charge in [-0.3, -0.25) is 19.2 Å². The van der Waals surface area contributed by atoms with Crippen LogP contribution in [-0.2, 0) is 10.8 Å². The van der Waals surface area contributed by atoms with Crippen LogP contribution >= 0.6 is 15.9 Å². The number of hydrogen-bond donors (Lipinski definition) is 1. The van der Waals surface area contributed by atoms with E-state index in [-0.39, 0.29) is 0 Å². The Hall–Kier alpha value is -10.6. The molecule has 0 fully saturated rings. The Bertz CT molecular complexity index is 4150. The molecule has 0 radical (unpaired) electrons. The average molecular weight is 1160 g/mol. The highest BCUT2D eigenvalue weighted by Crippen LogP contribution is 2.60. The number of nitrogens with one attached hydrogen (secondary N) is 1. The summed E-state index contributed by atoms with van der Waals surface area (Å²) in [6, 6.07) is 102. The Labute approximate surface area is 503 Å². The molecule has 0 spiro atoms. The molecule has 0 unspecified atom stereocenters. The summed E-state index contributed by atoms with van der Waals surface area (Å²) in [5, 5.41) is 3.30. The average Bonchev–Trinajstić information content (AvgIpc) is 1.94. The van der Waals surface area contributed by atoms with Crippen molar-refractivity contribution in [2.75, 3.05) is 10.2 Å². The second kappa shape index (κ2) is 24.5. The topological polar surface area (TPSA) is 83.5 Å². The maximum Gasteiger partial charge on any atom is 0.150 e. The molecule has 408 valence electrons. The first-order valence-electron chi connectivity index (χ1n) is 28.0. The minimum Gasteiger partial charge on any atom is -0.356 e. The smallest absolute Gasteiger partial charge is 0.150 e. The fourth-order valence-corrected chi connectivity index (χ4v) is 13.0. The van der Waals surface area contributed by atoms with E-state index in [1.165, 1.54) is 22.3 Å². The summed E-state index contributed by atoms with van der Waals surface area (Å²) in [5.74, 6) is 0. The number of benzene rings is 12. The molecule has 0 saturated heterocycles. The third-order valence-electron chi connectivity index (χ3n) is 16.1. The van der Waals surface area contributed by atoms with Crippen LogP contribution in [0.25, 0.3) is 22.3 Å². The van der Waals surface area contributed by atoms with Crippen molar-refractivity contribution >= 4 is 69.5 Å². The molecular weight excluding hydrogens is 1110 g/mol. The normalized spacial score (nSPS) is 12.4. The van der Waals surface area contributed by atoms with Crippen LogP contribution in [-0.4, -0.2) is 25.1 Å². The predicted molar refractivity (Wildman–Crippen MR) is 348 cm³/mol. The van der Waals surface area contributed by atoms with E-state index in [9.17, 15) is 19.2 Å². The van der Waals surface area contributed by atoms with Gasteiger partial charge in [0.1, 0.15) is 25.1 Å². The number of para-hydroxylation sites is 4. The number of rotatable bonds is 13. The van der Waals surface area contributed by atoms with Gasteiger partial charge in [-0.05, 0) is 116 Å². The first-order chi connectivity index (χ1) is 41.9. The zero-order valence-corrected chi connectivity index (χ0v) is 47.7. The second-order valence-corrected chi connectivity index (χ2v) is 21.6. The van der Waals surface area contributed by atoms with E-state index < -0.39 is 10.8 Å². The lowest BCUT2D eigenvalue weighted by Crippen LogP contribution is -2.28. The van der Waals surface area contributed by atoms with Gasteiger partial charge < -0.3 is 10.2 Å². The van der Waals surface area contributed by atoms with Crippen molar-refractivity contribution in [2.24, 2.45) is 0 Å². The largest absolute Gasteiger partial charge is 0.356 e. The summed E-state index contributed by atoms with van der Waals surface area (Å²) in [4.78, 5) is 48.1. The van der Waals surface area contributed by atoms with Gasteiger partial charge in [0.15, 0.2) is 0 Å². The molecule has 0 heterocycles. The Kier molecular flexibility index (Phi) is 15.8. The lowest BCUT2D eigenvalue weighted by Gasteiger charge is -2.34. The lowest BCUT2D eigenvalue weighted by atomic mass is 9.67. The first-order valence-corrected chi connectivity index (χ1v) is 28.8. The molecule has 85 heavy (non-hydrogen) atoms. The van der Waals surface area contributed by atoms with Crippen LogP contribution < -0.4 is 10.2 Å². The maximum absolute atomic E-state index is 11.6. The fraction of sp³-hybridized carbons (Fsp3) is 0.0256. The van der Waals surface area contributed by atoms with Crippen molar-refractivity contribution in [3.05, 3.63) is 375 Å². The summed E-state index contributed by atoms with van der Waals surface area (Å²) >= 11 is 3.77. The van der Waals surface area contributed by atoms with Crippen molar-refractivity contribution in [2.45, 2.75) is 10.8 Å². The molecule has 0 atom stereocenters. The fourth-order valence-electron chi connectivity index (χ4n) is 12.4. The third kappa shape index (κ3) is 10.2. The van der Waals surface area contributed by atoms with Gasteiger partial charge in [0.2, 0.25) is 0 Å². The number of carbonyl (C=O) groups is 4. The summed E-state index contributed by atoms with van der Waals surface area (Å²) < 4.78 is 1.04. The number of anilines is 5. The van der Waals surface area contributed by atoms with Gasteiger partial charge in [0.25, 0.3) is 0 Å². The third-order valence-corrected chi connectivity index (χ3v) is 16.8. The van der Waals surface area contributed by atoms with E-state index in [4.69, 9.17) is 0 Å². The van der Waals surface area contributed by atoms with Gasteiger partial charge in [-0.15, -0.1) is 0 Å². The number of halogens is 1. The highest BCUT2D eigenvalue weighted by Gasteiger charge is 2.48. The molecular formula is C78H55BrN2O4. The first kappa shape index (κ1) is 55.0. The predicted octanol–water partition coefficient (Wildman–Crippen LogP) is 19.0. The molecule has 0 saturated carbocycles. The minimum absolute atomic E-state index is 0.543. The number of hydrogen-bond acceptors (Lipinski definition) is 6. The van der Waals surface area contributed by atoms with Crippen molar-refractivity contribution in [3.8, 4) is 22.3 Å². The Morgan fingerprint density at radius 1 is 0.294 bits per heavy atom. The quantitative estimate of drug-likeness (QED) is 0.116. The molecule has 2 aliphatic carbocycles. The second-order valence-electron chi connectivity index (χ2n) is 20.8. The zero-order valence-electron chi connectivity index (χ0n) is 46.1. The molecule has 12 aromatic carbocycles. The summed E-state index contributed by atoms with van der Waals surface area (Å²) in [7, 11) is 0. The van der Waals surface area contributed by atoms with E-state index in [0.29, 0.717) is 22.3 Å². The van der Waals surface area contributed by atoms with Crippen molar-refractivity contribution in [1.29, 1.82) is 0 Å². The highest BCUT2D eigenvalue weighted by atomic mass is 79.9. The molecule has 7 heteroatoms. The van der Waals surface area contributed by atoms with Crippen LogP contribution in [0.1, 0.15) is 85.9 Å². The maximum atomic E-state index is 11.6. The highest BCUT2D eigenvalue weighted by molar-refractivity contribution is 9.10. The number of nitrogens with zero attached hydrogens (tertiary/aromatic N) is 1. The molecule has 6 nitrogen and oxygen atoms in total.